The number of Topliss-reactive ketones (excluding diaryl/α,β-unsaturated/α-hetero) is 2. The Bertz CT molecular complexity index is 1420. The lowest BCUT2D eigenvalue weighted by atomic mass is 9.55. The third-order valence-corrected chi connectivity index (χ3v) is 8.16. The van der Waals surface area contributed by atoms with Crippen molar-refractivity contribution in [2.75, 3.05) is 19.8 Å². The molecule has 2 aromatic rings. The van der Waals surface area contributed by atoms with E-state index in [1.165, 1.54) is 23.2 Å². The molecule has 0 aliphatic heterocycles. The Hall–Kier alpha value is -3.87. The molecule has 8 N–H and O–H groups in total. The van der Waals surface area contributed by atoms with Crippen LogP contribution in [-0.2, 0) is 16.0 Å². The Morgan fingerprint density at radius 2 is 1.92 bits per heavy atom. The van der Waals surface area contributed by atoms with E-state index in [9.17, 15) is 39.2 Å². The number of nitrogen functional groups attached to an aromatic ring is 1. The number of nitrogens with two attached hydrogens (primary N) is 2. The molecule has 2 unspecified atom stereocenters. The Morgan fingerprint density at radius 3 is 2.50 bits per heavy atom. The molecule has 1 fully saturated rings. The van der Waals surface area contributed by atoms with Gasteiger partial charge >= 0.3 is 0 Å². The third-order valence-electron chi connectivity index (χ3n) is 8.16. The highest BCUT2D eigenvalue weighted by Gasteiger charge is 2.66. The minimum atomic E-state index is -2.67. The monoisotopic (exact) mass is 526 g/mol. The predicted octanol–water partition coefficient (Wildman–Crippen LogP) is 0.0689. The number of aliphatic hydroxyl groups is 3. The first kappa shape index (κ1) is 25.8. The van der Waals surface area contributed by atoms with Crippen LogP contribution < -0.4 is 11.5 Å². The van der Waals surface area contributed by atoms with Gasteiger partial charge in [-0.2, -0.15) is 4.39 Å². The number of rotatable bonds is 3. The summed E-state index contributed by atoms with van der Waals surface area (Å²) >= 11 is 0. The molecule has 0 radical (unpaired) electrons. The lowest BCUT2D eigenvalue weighted by Crippen LogP contribution is -2.71. The number of carbonyl (C=O) groups excluding carboxylic acids is 3. The first-order valence-corrected chi connectivity index (χ1v) is 12.0. The number of fused-ring (bicyclic) bond motifs is 3. The number of aliphatic hydroxyl groups excluding tert-OH is 2. The molecule has 38 heavy (non-hydrogen) atoms. The van der Waals surface area contributed by atoms with Crippen LogP contribution >= 0.6 is 0 Å². The molecule has 3 aliphatic carbocycles. The number of anilines is 1. The van der Waals surface area contributed by atoms with Gasteiger partial charge in [0.15, 0.2) is 17.2 Å². The Balaban J connectivity index is 1.73. The summed E-state index contributed by atoms with van der Waals surface area (Å²) in [6, 6.07) is 3.05. The number of hydrogen-bond donors (Lipinski definition) is 6. The second-order valence-electron chi connectivity index (χ2n) is 10.4. The fourth-order valence-corrected chi connectivity index (χ4v) is 6.49. The first-order chi connectivity index (χ1) is 17.8. The fraction of sp³-hybridized carbons (Fsp3) is 0.385. The van der Waals surface area contributed by atoms with E-state index in [4.69, 9.17) is 11.5 Å². The van der Waals surface area contributed by atoms with Gasteiger partial charge in [0.2, 0.25) is 11.9 Å². The largest absolute Gasteiger partial charge is 0.508 e. The summed E-state index contributed by atoms with van der Waals surface area (Å²) in [7, 11) is 3.17. The summed E-state index contributed by atoms with van der Waals surface area (Å²) in [4.78, 5) is 44.5. The summed E-state index contributed by atoms with van der Waals surface area (Å²) < 4.78 is 13.5. The van der Waals surface area contributed by atoms with Gasteiger partial charge < -0.3 is 36.8 Å². The Morgan fingerprint density at radius 1 is 1.24 bits per heavy atom. The molecule has 12 heteroatoms. The highest BCUT2D eigenvalue weighted by atomic mass is 19.1. The number of ketones is 2. The second-order valence-corrected chi connectivity index (χ2v) is 10.4. The number of carbonyl (C=O) groups is 3. The van der Waals surface area contributed by atoms with Crippen LogP contribution in [0.15, 0.2) is 35.7 Å². The average Bonchev–Trinajstić information content (AvgIpc) is 2.83. The zero-order chi connectivity index (χ0) is 27.8. The van der Waals surface area contributed by atoms with Crippen LogP contribution in [0.2, 0.25) is 0 Å². The van der Waals surface area contributed by atoms with E-state index >= 15 is 0 Å². The molecule has 6 atom stereocenters. The van der Waals surface area contributed by atoms with Gasteiger partial charge in [-0.15, -0.1) is 0 Å². The zero-order valence-electron chi connectivity index (χ0n) is 20.6. The summed E-state index contributed by atoms with van der Waals surface area (Å²) in [5.41, 5.74) is 9.28. The molecule has 1 heterocycles. The number of aromatic nitrogens is 1. The Labute approximate surface area is 216 Å². The van der Waals surface area contributed by atoms with E-state index in [-0.39, 0.29) is 29.7 Å². The Kier molecular flexibility index (Phi) is 5.82. The molecule has 1 saturated carbocycles. The summed E-state index contributed by atoms with van der Waals surface area (Å²) in [6.07, 6.45) is -0.246. The van der Waals surface area contributed by atoms with Crippen molar-refractivity contribution in [2.45, 2.75) is 30.6 Å². The summed E-state index contributed by atoms with van der Waals surface area (Å²) in [6.45, 7) is 0. The van der Waals surface area contributed by atoms with Gasteiger partial charge in [-0.25, -0.2) is 4.98 Å². The molecule has 0 saturated heterocycles. The smallest absolute Gasteiger partial charge is 0.230 e. The van der Waals surface area contributed by atoms with Crippen molar-refractivity contribution in [3.8, 4) is 16.9 Å². The SMILES string of the molecule is CN(C)[C@@H]1C(O)C(C(N)=O)C(=O)[C@@]2(O)C(O)=C3C(=O)c4c(O)c(N)cc(-c5ccc(F)nc5)c4C[C@H]3C[C@@H]12. The molecule has 5 rings (SSSR count). The van der Waals surface area contributed by atoms with Gasteiger partial charge in [-0.1, -0.05) is 0 Å². The van der Waals surface area contributed by atoms with Crippen LogP contribution in [-0.4, -0.2) is 79.6 Å². The number of phenols is 1. The van der Waals surface area contributed by atoms with Crippen molar-refractivity contribution in [3.63, 3.8) is 0 Å². The minimum absolute atomic E-state index is 0.0234. The van der Waals surface area contributed by atoms with E-state index in [1.807, 2.05) is 0 Å². The lowest BCUT2D eigenvalue weighted by molar-refractivity contribution is -0.178. The van der Waals surface area contributed by atoms with Crippen molar-refractivity contribution in [2.24, 2.45) is 23.5 Å². The first-order valence-electron chi connectivity index (χ1n) is 12.0. The number of allylic oxidation sites excluding steroid dienone is 1. The van der Waals surface area contributed by atoms with Gasteiger partial charge in [0.05, 0.1) is 17.4 Å². The van der Waals surface area contributed by atoms with Gasteiger partial charge in [-0.05, 0) is 62.2 Å². The molecular formula is C26H27FN4O7. The normalized spacial score (nSPS) is 30.6. The van der Waals surface area contributed by atoms with E-state index in [0.717, 1.165) is 6.07 Å². The highest BCUT2D eigenvalue weighted by Crippen LogP contribution is 2.53. The number of hydrogen-bond acceptors (Lipinski definition) is 10. The van der Waals surface area contributed by atoms with Crippen LogP contribution in [0.25, 0.3) is 11.1 Å². The number of pyridine rings is 1. The standard InChI is InChI=1S/C26H27FN4O7/c1-31(2)19-13-6-10-5-12-11(9-3-4-15(27)30-8-9)7-14(28)20(32)17(12)21(33)16(10)23(35)26(13,38)24(36)18(22(19)34)25(29)37/h3-4,7-8,10,13,18-19,22,32,34-35,38H,5-6,28H2,1-2H3,(H2,29,37)/t10-,13-,18?,19-,22?,26-/m0/s1. The molecule has 11 nitrogen and oxygen atoms in total. The molecule has 0 spiro atoms. The van der Waals surface area contributed by atoms with Crippen molar-refractivity contribution in [1.29, 1.82) is 0 Å². The van der Waals surface area contributed by atoms with E-state index in [1.54, 1.807) is 14.1 Å². The van der Waals surface area contributed by atoms with Gasteiger partial charge in [0, 0.05) is 29.3 Å². The number of nitrogens with zero attached hydrogens (tertiary/aromatic N) is 2. The van der Waals surface area contributed by atoms with Gasteiger partial charge in [0.1, 0.15) is 17.4 Å². The minimum Gasteiger partial charge on any atom is -0.508 e. The number of aromatic hydroxyl groups is 1. The van der Waals surface area contributed by atoms with Crippen molar-refractivity contribution in [3.05, 3.63) is 52.8 Å². The van der Waals surface area contributed by atoms with Gasteiger partial charge in [0.25, 0.3) is 0 Å². The number of amides is 1. The number of phenolic OH excluding ortho intramolecular Hbond substituents is 1. The van der Waals surface area contributed by atoms with Crippen LogP contribution in [0.3, 0.4) is 0 Å². The number of halogens is 1. The number of primary amides is 1. The third kappa shape index (κ3) is 3.37. The topological polar surface area (TPSA) is 200 Å². The number of benzene rings is 1. The highest BCUT2D eigenvalue weighted by molar-refractivity contribution is 6.17. The summed E-state index contributed by atoms with van der Waals surface area (Å²) in [5, 5.41) is 44.8. The molecule has 1 amide bonds. The van der Waals surface area contributed by atoms with Crippen LogP contribution in [0, 0.1) is 23.7 Å². The predicted molar refractivity (Wildman–Crippen MR) is 131 cm³/mol. The molecule has 200 valence electrons. The van der Waals surface area contributed by atoms with Crippen LogP contribution in [0.5, 0.6) is 5.75 Å². The fourth-order valence-electron chi connectivity index (χ4n) is 6.49. The maximum atomic E-state index is 13.8. The van der Waals surface area contributed by atoms with Crippen molar-refractivity contribution < 1.29 is 39.2 Å². The molecule has 0 bridgehead atoms. The van der Waals surface area contributed by atoms with Crippen molar-refractivity contribution >= 4 is 23.2 Å². The lowest BCUT2D eigenvalue weighted by Gasteiger charge is -2.53. The van der Waals surface area contributed by atoms with Crippen molar-refractivity contribution in [1.82, 2.24) is 9.88 Å². The van der Waals surface area contributed by atoms with E-state index in [0.29, 0.717) is 16.7 Å². The molecular weight excluding hydrogens is 499 g/mol. The molecule has 1 aromatic carbocycles. The van der Waals surface area contributed by atoms with E-state index < -0.39 is 70.4 Å². The molecule has 3 aliphatic rings. The maximum Gasteiger partial charge on any atom is 0.230 e. The van der Waals surface area contributed by atoms with Gasteiger partial charge in [-0.3, -0.25) is 14.4 Å². The second kappa shape index (κ2) is 8.58. The number of likely N-dealkylation sites (N-methyl/N-ethyl adjacent to an activating group) is 1. The summed E-state index contributed by atoms with van der Waals surface area (Å²) in [5.74, 6) is -9.06. The zero-order valence-corrected chi connectivity index (χ0v) is 20.6. The molecule has 1 aromatic heterocycles. The van der Waals surface area contributed by atoms with E-state index in [2.05, 4.69) is 4.98 Å². The quantitative estimate of drug-likeness (QED) is 0.138. The maximum absolute atomic E-state index is 13.8. The van der Waals surface area contributed by atoms with Crippen LogP contribution in [0.1, 0.15) is 22.3 Å². The average molecular weight is 527 g/mol. The van der Waals surface area contributed by atoms with Crippen LogP contribution in [0.4, 0.5) is 10.1 Å².